The molecular weight excluding hydrogens is 378 g/mol. The Balaban J connectivity index is 1.86. The number of aromatic nitrogens is 2. The van der Waals surface area contributed by atoms with Gasteiger partial charge in [0.05, 0.1) is 11.7 Å². The number of thioether (sulfide) groups is 1. The molecule has 0 radical (unpaired) electrons. The number of nitriles is 1. The van der Waals surface area contributed by atoms with E-state index in [2.05, 4.69) is 39.0 Å². The molecule has 2 aromatic carbocycles. The van der Waals surface area contributed by atoms with Crippen molar-refractivity contribution in [3.05, 3.63) is 81.6 Å². The van der Waals surface area contributed by atoms with E-state index < -0.39 is 0 Å². The molecule has 1 unspecified atom stereocenters. The van der Waals surface area contributed by atoms with Crippen molar-refractivity contribution in [3.63, 3.8) is 0 Å². The summed E-state index contributed by atoms with van der Waals surface area (Å²) in [5.74, 6) is 0.889. The first-order valence-electron chi connectivity index (χ1n) is 9.75. The minimum Gasteiger partial charge on any atom is -0.279 e. The molecule has 1 aliphatic heterocycles. The molecule has 0 saturated carbocycles. The van der Waals surface area contributed by atoms with Crippen LogP contribution in [-0.2, 0) is 5.41 Å². The van der Waals surface area contributed by atoms with E-state index in [4.69, 9.17) is 4.98 Å². The lowest BCUT2D eigenvalue weighted by molar-refractivity contribution is 0.481. The van der Waals surface area contributed by atoms with Crippen LogP contribution in [0.15, 0.2) is 64.5 Å². The smallest absolute Gasteiger partial charge is 0.273 e. The molecule has 1 aromatic heterocycles. The number of fused-ring (bicyclic) bond motifs is 1. The van der Waals surface area contributed by atoms with Crippen LogP contribution in [0, 0.1) is 11.3 Å². The Bertz CT molecular complexity index is 1140. The number of rotatable bonds is 2. The maximum absolute atomic E-state index is 13.3. The molecule has 3 aromatic rings. The highest BCUT2D eigenvalue weighted by atomic mass is 32.2. The van der Waals surface area contributed by atoms with Crippen LogP contribution in [-0.4, -0.2) is 15.3 Å². The topological polar surface area (TPSA) is 58.7 Å². The molecule has 1 atom stereocenters. The van der Waals surface area contributed by atoms with Gasteiger partial charge >= 0.3 is 0 Å². The third kappa shape index (κ3) is 3.61. The number of benzene rings is 2. The van der Waals surface area contributed by atoms with Gasteiger partial charge in [-0.3, -0.25) is 9.36 Å². The minimum atomic E-state index is -0.256. The largest absolute Gasteiger partial charge is 0.279 e. The van der Waals surface area contributed by atoms with Crippen LogP contribution < -0.4 is 5.56 Å². The van der Waals surface area contributed by atoms with Crippen LogP contribution in [0.5, 0.6) is 0 Å². The monoisotopic (exact) mass is 401 g/mol. The molecule has 1 aliphatic rings. The maximum Gasteiger partial charge on any atom is 0.273 e. The Kier molecular flexibility index (Phi) is 5.06. The normalized spacial score (nSPS) is 16.1. The second-order valence-electron chi connectivity index (χ2n) is 8.30. The lowest BCUT2D eigenvalue weighted by Crippen LogP contribution is -2.33. The summed E-state index contributed by atoms with van der Waals surface area (Å²) in [7, 11) is 0. The molecule has 2 heterocycles. The zero-order valence-electron chi connectivity index (χ0n) is 16.8. The molecule has 0 spiro atoms. The fourth-order valence-corrected chi connectivity index (χ4v) is 4.74. The Morgan fingerprint density at radius 2 is 1.79 bits per heavy atom. The summed E-state index contributed by atoms with van der Waals surface area (Å²) < 4.78 is 1.70. The van der Waals surface area contributed by atoms with Crippen molar-refractivity contribution in [1.29, 1.82) is 5.26 Å². The van der Waals surface area contributed by atoms with Gasteiger partial charge in [-0.25, -0.2) is 4.98 Å². The third-order valence-corrected chi connectivity index (χ3v) is 6.32. The Morgan fingerprint density at radius 3 is 2.41 bits per heavy atom. The molecule has 0 aliphatic carbocycles. The quantitative estimate of drug-likeness (QED) is 0.556. The maximum atomic E-state index is 13.3. The molecule has 146 valence electrons. The Hall–Kier alpha value is -2.84. The summed E-state index contributed by atoms with van der Waals surface area (Å²) in [6.07, 6.45) is 0.841. The van der Waals surface area contributed by atoms with Crippen molar-refractivity contribution in [2.45, 2.75) is 43.8 Å². The van der Waals surface area contributed by atoms with Crippen LogP contribution >= 0.6 is 11.8 Å². The fourth-order valence-electron chi connectivity index (χ4n) is 3.71. The summed E-state index contributed by atoms with van der Waals surface area (Å²) >= 11 is 1.58. The van der Waals surface area contributed by atoms with Gasteiger partial charge in [0, 0.05) is 11.3 Å². The standard InChI is InChI=1S/C24H23N3OS/c1-24(2,3)18-11-9-17(10-12-18)21-19(15-25)22(28)27-20(13-14-29-23(27)26-21)16-7-5-4-6-8-16/h4-12,20H,13-14H2,1-3H3. The SMILES string of the molecule is CC(C)(C)c1ccc(-c2nc3n(c(=O)c2C#N)C(c2ccccc2)CCS3)cc1. The second-order valence-corrected chi connectivity index (χ2v) is 9.36. The summed E-state index contributed by atoms with van der Waals surface area (Å²) in [5.41, 5.74) is 3.45. The van der Waals surface area contributed by atoms with E-state index in [1.807, 2.05) is 42.5 Å². The number of nitrogens with zero attached hydrogens (tertiary/aromatic N) is 3. The summed E-state index contributed by atoms with van der Waals surface area (Å²) in [6, 6.07) is 20.0. The van der Waals surface area contributed by atoms with Crippen molar-refractivity contribution in [3.8, 4) is 17.3 Å². The average molecular weight is 402 g/mol. The van der Waals surface area contributed by atoms with Crippen LogP contribution in [0.3, 0.4) is 0 Å². The molecule has 0 fully saturated rings. The van der Waals surface area contributed by atoms with E-state index in [0.717, 1.165) is 23.3 Å². The molecule has 0 N–H and O–H groups in total. The summed E-state index contributed by atoms with van der Waals surface area (Å²) in [5, 5.41) is 10.5. The van der Waals surface area contributed by atoms with Gasteiger partial charge in [-0.15, -0.1) is 0 Å². The Morgan fingerprint density at radius 1 is 1.10 bits per heavy atom. The van der Waals surface area contributed by atoms with E-state index in [1.54, 1.807) is 16.3 Å². The van der Waals surface area contributed by atoms with E-state index in [9.17, 15) is 10.1 Å². The predicted molar refractivity (Wildman–Crippen MR) is 117 cm³/mol. The van der Waals surface area contributed by atoms with Gasteiger partial charge in [-0.1, -0.05) is 87.1 Å². The highest BCUT2D eigenvalue weighted by Crippen LogP contribution is 2.35. The van der Waals surface area contributed by atoms with Gasteiger partial charge in [-0.2, -0.15) is 5.26 Å². The van der Waals surface area contributed by atoms with Crippen molar-refractivity contribution < 1.29 is 0 Å². The lowest BCUT2D eigenvalue weighted by Gasteiger charge is -2.27. The summed E-state index contributed by atoms with van der Waals surface area (Å²) in [4.78, 5) is 18.1. The third-order valence-electron chi connectivity index (χ3n) is 5.34. The predicted octanol–water partition coefficient (Wildman–Crippen LogP) is 5.16. The van der Waals surface area contributed by atoms with E-state index in [1.165, 1.54) is 5.56 Å². The molecule has 0 bridgehead atoms. The van der Waals surface area contributed by atoms with Gasteiger partial charge in [-0.05, 0) is 23.0 Å². The van der Waals surface area contributed by atoms with Crippen molar-refractivity contribution in [2.24, 2.45) is 0 Å². The van der Waals surface area contributed by atoms with Crippen LogP contribution in [0.2, 0.25) is 0 Å². The number of hydrogen-bond acceptors (Lipinski definition) is 4. The van der Waals surface area contributed by atoms with E-state index in [-0.39, 0.29) is 22.6 Å². The highest BCUT2D eigenvalue weighted by molar-refractivity contribution is 7.99. The molecular formula is C24H23N3OS. The van der Waals surface area contributed by atoms with Gasteiger partial charge in [0.15, 0.2) is 5.16 Å². The van der Waals surface area contributed by atoms with Crippen molar-refractivity contribution in [1.82, 2.24) is 9.55 Å². The van der Waals surface area contributed by atoms with Gasteiger partial charge in [0.25, 0.3) is 5.56 Å². The van der Waals surface area contributed by atoms with E-state index >= 15 is 0 Å². The first kappa shape index (κ1) is 19.5. The molecule has 4 nitrogen and oxygen atoms in total. The summed E-state index contributed by atoms with van der Waals surface area (Å²) in [6.45, 7) is 6.48. The second kappa shape index (κ2) is 7.53. The van der Waals surface area contributed by atoms with Crippen LogP contribution in [0.4, 0.5) is 0 Å². The van der Waals surface area contributed by atoms with Gasteiger partial charge in [0.2, 0.25) is 0 Å². The number of hydrogen-bond donors (Lipinski definition) is 0. The molecule has 29 heavy (non-hydrogen) atoms. The molecule has 0 saturated heterocycles. The van der Waals surface area contributed by atoms with Crippen molar-refractivity contribution >= 4 is 11.8 Å². The molecule has 5 heteroatoms. The molecule has 4 rings (SSSR count). The van der Waals surface area contributed by atoms with E-state index in [0.29, 0.717) is 10.9 Å². The van der Waals surface area contributed by atoms with Crippen LogP contribution in [0.1, 0.15) is 49.9 Å². The lowest BCUT2D eigenvalue weighted by atomic mass is 9.86. The first-order valence-corrected chi connectivity index (χ1v) is 10.7. The first-order chi connectivity index (χ1) is 13.9. The minimum absolute atomic E-state index is 0.0399. The fraction of sp³-hybridized carbons (Fsp3) is 0.292. The van der Waals surface area contributed by atoms with Crippen molar-refractivity contribution in [2.75, 3.05) is 5.75 Å². The van der Waals surface area contributed by atoms with Gasteiger partial charge in [0.1, 0.15) is 11.6 Å². The zero-order chi connectivity index (χ0) is 20.6. The highest BCUT2D eigenvalue weighted by Gasteiger charge is 2.27. The average Bonchev–Trinajstić information content (AvgIpc) is 2.73. The zero-order valence-corrected chi connectivity index (χ0v) is 17.7. The molecule has 0 amide bonds. The van der Waals surface area contributed by atoms with Gasteiger partial charge < -0.3 is 0 Å². The Labute approximate surface area is 175 Å². The van der Waals surface area contributed by atoms with Crippen LogP contribution in [0.25, 0.3) is 11.3 Å².